The molecular formula is C71H60. The minimum atomic E-state index is 0.869. The molecule has 0 bridgehead atoms. The molecule has 0 radical (unpaired) electrons. The van der Waals surface area contributed by atoms with Gasteiger partial charge in [-0.2, -0.15) is 0 Å². The molecule has 71 heavy (non-hydrogen) atoms. The second kappa shape index (κ2) is 18.2. The van der Waals surface area contributed by atoms with Gasteiger partial charge in [0.25, 0.3) is 0 Å². The summed E-state index contributed by atoms with van der Waals surface area (Å²) in [5.41, 5.74) is 22.1. The number of fused-ring (bicyclic) bond motifs is 6. The summed E-state index contributed by atoms with van der Waals surface area (Å²) in [7, 11) is 0. The van der Waals surface area contributed by atoms with Gasteiger partial charge in [-0.1, -0.05) is 194 Å². The van der Waals surface area contributed by atoms with E-state index < -0.39 is 0 Å². The van der Waals surface area contributed by atoms with Crippen LogP contribution in [0.3, 0.4) is 0 Å². The van der Waals surface area contributed by atoms with Crippen LogP contribution in [0.2, 0.25) is 0 Å². The zero-order valence-corrected chi connectivity index (χ0v) is 42.0. The zero-order chi connectivity index (χ0) is 48.3. The van der Waals surface area contributed by atoms with Crippen LogP contribution in [0.4, 0.5) is 0 Å². The van der Waals surface area contributed by atoms with E-state index in [1.165, 1.54) is 154 Å². The van der Waals surface area contributed by atoms with Gasteiger partial charge in [0.2, 0.25) is 0 Å². The van der Waals surface area contributed by atoms with Crippen LogP contribution in [0.25, 0.3) is 64.6 Å². The van der Waals surface area contributed by atoms with E-state index in [1.54, 1.807) is 0 Å². The van der Waals surface area contributed by atoms with Crippen LogP contribution < -0.4 is 0 Å². The average molecular weight is 913 g/mol. The molecule has 0 N–H and O–H groups in total. The van der Waals surface area contributed by atoms with Crippen LogP contribution in [-0.2, 0) is 32.1 Å². The molecule has 0 heterocycles. The molecule has 0 atom stereocenters. The molecule has 0 aliphatic heterocycles. The molecule has 0 saturated heterocycles. The summed E-state index contributed by atoms with van der Waals surface area (Å²) in [5, 5.41) is 16.2. The molecule has 0 unspecified atom stereocenters. The molecule has 12 aromatic carbocycles. The van der Waals surface area contributed by atoms with Crippen molar-refractivity contribution in [2.24, 2.45) is 0 Å². The van der Waals surface area contributed by atoms with Crippen molar-refractivity contribution >= 4 is 64.6 Å². The first kappa shape index (κ1) is 44.4. The monoisotopic (exact) mass is 912 g/mol. The Labute approximate surface area is 419 Å². The highest BCUT2D eigenvalue weighted by Gasteiger charge is 2.18. The third kappa shape index (κ3) is 8.06. The zero-order valence-electron chi connectivity index (χ0n) is 42.0. The summed E-state index contributed by atoms with van der Waals surface area (Å²) in [5.74, 6) is 0. The van der Waals surface area contributed by atoms with Crippen molar-refractivity contribution in [1.82, 2.24) is 0 Å². The van der Waals surface area contributed by atoms with Gasteiger partial charge in [0, 0.05) is 0 Å². The fourth-order valence-corrected chi connectivity index (χ4v) is 12.4. The van der Waals surface area contributed by atoms with Crippen LogP contribution in [0.5, 0.6) is 0 Å². The highest BCUT2D eigenvalue weighted by Crippen LogP contribution is 2.37. The Kier molecular flexibility index (Phi) is 11.4. The molecule has 0 spiro atoms. The lowest BCUT2D eigenvalue weighted by atomic mass is 9.84. The summed E-state index contributed by atoms with van der Waals surface area (Å²) in [4.78, 5) is 0. The van der Waals surface area contributed by atoms with Crippen molar-refractivity contribution in [3.63, 3.8) is 0 Å². The smallest absolute Gasteiger partial charge is 0.00133 e. The highest BCUT2D eigenvalue weighted by molar-refractivity contribution is 5.96. The van der Waals surface area contributed by atoms with E-state index in [1.807, 2.05) is 0 Å². The maximum atomic E-state index is 2.55. The topological polar surface area (TPSA) is 0 Å². The van der Waals surface area contributed by atoms with Gasteiger partial charge in [-0.3, -0.25) is 0 Å². The summed E-state index contributed by atoms with van der Waals surface area (Å²) >= 11 is 0. The van der Waals surface area contributed by atoms with Crippen LogP contribution in [0.1, 0.15) is 89.0 Å². The third-order valence-corrected chi connectivity index (χ3v) is 16.3. The van der Waals surface area contributed by atoms with Crippen LogP contribution >= 0.6 is 0 Å². The lowest BCUT2D eigenvalue weighted by Crippen LogP contribution is -2.03. The number of rotatable bonds is 10. The number of hydrogen-bond acceptors (Lipinski definition) is 0. The van der Waals surface area contributed by atoms with Crippen molar-refractivity contribution < 1.29 is 0 Å². The second-order valence-corrected chi connectivity index (χ2v) is 20.6. The van der Waals surface area contributed by atoms with Crippen LogP contribution in [-0.4, -0.2) is 0 Å². The minimum Gasteiger partial charge on any atom is -0.0616 e. The molecule has 0 saturated carbocycles. The van der Waals surface area contributed by atoms with Crippen molar-refractivity contribution in [2.75, 3.05) is 0 Å². The predicted octanol–water partition coefficient (Wildman–Crippen LogP) is 18.4. The summed E-state index contributed by atoms with van der Waals surface area (Å²) in [6.45, 7) is 13.8. The van der Waals surface area contributed by atoms with Crippen molar-refractivity contribution in [3.8, 4) is 0 Å². The van der Waals surface area contributed by atoms with E-state index in [0.29, 0.717) is 0 Å². The van der Waals surface area contributed by atoms with Crippen molar-refractivity contribution in [2.45, 2.75) is 73.6 Å². The van der Waals surface area contributed by atoms with Gasteiger partial charge in [-0.15, -0.1) is 0 Å². The van der Waals surface area contributed by atoms with Gasteiger partial charge in [-0.25, -0.2) is 0 Å². The van der Waals surface area contributed by atoms with Crippen molar-refractivity contribution in [1.29, 1.82) is 0 Å². The summed E-state index contributed by atoms with van der Waals surface area (Å²) in [6, 6.07) is 73.6. The maximum absolute atomic E-state index is 2.55. The minimum absolute atomic E-state index is 0.869. The molecule has 0 aromatic heterocycles. The van der Waals surface area contributed by atoms with E-state index in [9.17, 15) is 0 Å². The number of benzene rings is 12. The number of aryl methyl sites for hydroxylation is 6. The molecular weight excluding hydrogens is 853 g/mol. The van der Waals surface area contributed by atoms with Crippen LogP contribution in [0.15, 0.2) is 194 Å². The SMILES string of the molecule is Cc1c(Cc2cccc3cc(Cc4cc(Cc5cc(Cc6cc(Cc7ccc(C)c8ccccc78)c7ccccc7c6C)c6ccccc6c5C)c5ccccc5c4C)cc(C)c23)ccc2ccccc12. The first-order valence-electron chi connectivity index (χ1n) is 25.6. The van der Waals surface area contributed by atoms with Gasteiger partial charge in [-0.05, 0) is 227 Å². The van der Waals surface area contributed by atoms with Crippen molar-refractivity contribution in [3.05, 3.63) is 283 Å². The van der Waals surface area contributed by atoms with Gasteiger partial charge >= 0.3 is 0 Å². The van der Waals surface area contributed by atoms with E-state index >= 15 is 0 Å². The number of hydrogen-bond donors (Lipinski definition) is 0. The van der Waals surface area contributed by atoms with Gasteiger partial charge in [0.05, 0.1) is 0 Å². The molecule has 0 fully saturated rings. The fraction of sp³-hybridized carbons (Fsp3) is 0.155. The molecule has 0 nitrogen and oxygen atoms in total. The highest BCUT2D eigenvalue weighted by atomic mass is 14.2. The Hall–Kier alpha value is -7.80. The Balaban J connectivity index is 0.907. The Morgan fingerprint density at radius 3 is 1.20 bits per heavy atom. The van der Waals surface area contributed by atoms with E-state index in [-0.39, 0.29) is 0 Å². The fourth-order valence-electron chi connectivity index (χ4n) is 12.4. The average Bonchev–Trinajstić information content (AvgIpc) is 3.39. The normalized spacial score (nSPS) is 11.8. The molecule has 12 rings (SSSR count). The molecule has 0 aliphatic carbocycles. The molecule has 12 aromatic rings. The summed E-state index contributed by atoms with van der Waals surface area (Å²) in [6.07, 6.45) is 4.44. The Bertz CT molecular complexity index is 4090. The molecule has 0 heteroatoms. The largest absolute Gasteiger partial charge is 0.0616 e. The van der Waals surface area contributed by atoms with E-state index in [4.69, 9.17) is 0 Å². The third-order valence-electron chi connectivity index (χ3n) is 16.3. The van der Waals surface area contributed by atoms with E-state index in [0.717, 1.165) is 32.1 Å². The molecule has 0 aliphatic rings. The van der Waals surface area contributed by atoms with Crippen LogP contribution in [0, 0.1) is 41.5 Å². The summed E-state index contributed by atoms with van der Waals surface area (Å²) < 4.78 is 0. The van der Waals surface area contributed by atoms with E-state index in [2.05, 4.69) is 236 Å². The molecule has 0 amide bonds. The van der Waals surface area contributed by atoms with Gasteiger partial charge < -0.3 is 0 Å². The van der Waals surface area contributed by atoms with Gasteiger partial charge in [0.15, 0.2) is 0 Å². The Morgan fingerprint density at radius 1 is 0.225 bits per heavy atom. The maximum Gasteiger partial charge on any atom is -0.00133 e. The first-order valence-corrected chi connectivity index (χ1v) is 25.6. The lowest BCUT2D eigenvalue weighted by molar-refractivity contribution is 1.11. The quantitative estimate of drug-likeness (QED) is 0.128. The predicted molar refractivity (Wildman–Crippen MR) is 306 cm³/mol. The lowest BCUT2D eigenvalue weighted by Gasteiger charge is -2.20. The second-order valence-electron chi connectivity index (χ2n) is 20.6. The molecule has 344 valence electrons. The Morgan fingerprint density at radius 2 is 0.634 bits per heavy atom. The standard InChI is InChI=1S/C71H60/c1-44-30-31-53(67-26-13-9-21-62(44)67)38-59-40-57(48(5)65-24-11-14-27-68(59)65)42-61-43-58(49(6)66-25-12-16-29-70(61)66)41-60-39-56(47(4)64-23-10-15-28-69(60)64)36-50-34-45(2)71-54(35-50)19-17-20-55(71)37-52-33-32-51-18-7-8-22-63(51)46(52)3/h7-35,39-40,43H,36-38,41-42H2,1-6H3. The van der Waals surface area contributed by atoms with Gasteiger partial charge in [0.1, 0.15) is 0 Å². The first-order chi connectivity index (χ1) is 34.7.